The van der Waals surface area contributed by atoms with E-state index in [0.717, 1.165) is 0 Å². The summed E-state index contributed by atoms with van der Waals surface area (Å²) in [5.41, 5.74) is -0.903. The Labute approximate surface area is 110 Å². The van der Waals surface area contributed by atoms with Gasteiger partial charge < -0.3 is 9.94 Å². The van der Waals surface area contributed by atoms with E-state index >= 15 is 0 Å². The third kappa shape index (κ3) is 3.02. The van der Waals surface area contributed by atoms with Crippen LogP contribution < -0.4 is 0 Å². The Balaban J connectivity index is 3.00. The molecule has 1 aliphatic rings. The minimum Gasteiger partial charge on any atom is -0.621 e. The number of carbonyl (C=O) groups is 1. The van der Waals surface area contributed by atoms with Crippen molar-refractivity contribution in [3.63, 3.8) is 0 Å². The lowest BCUT2D eigenvalue weighted by Crippen LogP contribution is -2.60. The number of hydroxylamine groups is 3. The average molecular weight is 258 g/mol. The average Bonchev–Trinajstić information content (AvgIpc) is 2.39. The number of quaternary nitrogens is 1. The SMILES string of the molecule is CN1CC[N@@+]([O-])(C(=O)OC(C)(C)C)C1C(C)(C)C. The second-order valence-corrected chi connectivity index (χ2v) is 7.22. The Hall–Kier alpha value is -0.650. The van der Waals surface area contributed by atoms with Gasteiger partial charge in [0.25, 0.3) is 0 Å². The van der Waals surface area contributed by atoms with Gasteiger partial charge in [0.1, 0.15) is 12.1 Å². The Morgan fingerprint density at radius 3 is 2.17 bits per heavy atom. The maximum atomic E-state index is 12.9. The summed E-state index contributed by atoms with van der Waals surface area (Å²) in [4.78, 5) is 14.2. The Morgan fingerprint density at radius 2 is 1.78 bits per heavy atom. The van der Waals surface area contributed by atoms with Crippen molar-refractivity contribution in [2.24, 2.45) is 5.41 Å². The molecule has 18 heavy (non-hydrogen) atoms. The standard InChI is InChI=1S/C13H26N2O3/c1-12(2,3)10-14(7)8-9-15(10,17)11(16)18-13(4,5)6/h10H,8-9H2,1-7H3/t10?,15-/m0/s1. The van der Waals surface area contributed by atoms with E-state index in [1.807, 2.05) is 32.7 Å². The zero-order valence-corrected chi connectivity index (χ0v) is 12.6. The van der Waals surface area contributed by atoms with Crippen molar-refractivity contribution in [3.8, 4) is 0 Å². The van der Waals surface area contributed by atoms with Gasteiger partial charge in [-0.3, -0.25) is 4.90 Å². The van der Waals surface area contributed by atoms with Crippen LogP contribution in [-0.4, -0.2) is 47.5 Å². The van der Waals surface area contributed by atoms with Crippen molar-refractivity contribution in [3.05, 3.63) is 5.21 Å². The number of likely N-dealkylation sites (N-methyl/N-ethyl adjacent to an activating group) is 1. The fraction of sp³-hybridized carbons (Fsp3) is 0.923. The van der Waals surface area contributed by atoms with Crippen molar-refractivity contribution in [1.82, 2.24) is 4.90 Å². The van der Waals surface area contributed by atoms with Crippen LogP contribution in [0.15, 0.2) is 0 Å². The van der Waals surface area contributed by atoms with E-state index in [1.165, 1.54) is 0 Å². The number of nitrogens with zero attached hydrogens (tertiary/aromatic N) is 2. The summed E-state index contributed by atoms with van der Waals surface area (Å²) >= 11 is 0. The maximum Gasteiger partial charge on any atom is 0.518 e. The summed E-state index contributed by atoms with van der Waals surface area (Å²) in [6.07, 6.45) is -1.07. The molecular weight excluding hydrogens is 232 g/mol. The largest absolute Gasteiger partial charge is 0.621 e. The monoisotopic (exact) mass is 258 g/mol. The lowest BCUT2D eigenvalue weighted by molar-refractivity contribution is -0.836. The van der Waals surface area contributed by atoms with E-state index in [4.69, 9.17) is 4.74 Å². The predicted octanol–water partition coefficient (Wildman–Crippen LogP) is 2.55. The van der Waals surface area contributed by atoms with Crippen LogP contribution >= 0.6 is 0 Å². The van der Waals surface area contributed by atoms with Gasteiger partial charge in [-0.15, -0.1) is 0 Å². The molecule has 0 saturated carbocycles. The van der Waals surface area contributed by atoms with Crippen molar-refractivity contribution in [1.29, 1.82) is 0 Å². The molecule has 2 atom stereocenters. The van der Waals surface area contributed by atoms with Crippen LogP contribution in [-0.2, 0) is 4.74 Å². The summed E-state index contributed by atoms with van der Waals surface area (Å²) in [6.45, 7) is 12.2. The van der Waals surface area contributed by atoms with Crippen molar-refractivity contribution in [2.75, 3.05) is 20.1 Å². The Bertz CT molecular complexity index is 330. The van der Waals surface area contributed by atoms with Crippen LogP contribution in [0.4, 0.5) is 4.79 Å². The predicted molar refractivity (Wildman–Crippen MR) is 70.6 cm³/mol. The zero-order chi connectivity index (χ0) is 14.4. The molecule has 0 aromatic heterocycles. The topological polar surface area (TPSA) is 52.6 Å². The smallest absolute Gasteiger partial charge is 0.518 e. The van der Waals surface area contributed by atoms with Gasteiger partial charge in [-0.05, 0) is 27.8 Å². The molecule has 0 N–H and O–H groups in total. The van der Waals surface area contributed by atoms with Crippen LogP contribution in [0, 0.1) is 10.6 Å². The third-order valence-electron chi connectivity index (χ3n) is 3.07. The molecule has 0 aromatic carbocycles. The molecule has 1 unspecified atom stereocenters. The molecule has 1 heterocycles. The van der Waals surface area contributed by atoms with E-state index < -0.39 is 22.5 Å². The quantitative estimate of drug-likeness (QED) is 0.495. The van der Waals surface area contributed by atoms with Gasteiger partial charge in [0, 0.05) is 5.41 Å². The second kappa shape index (κ2) is 4.47. The van der Waals surface area contributed by atoms with Gasteiger partial charge in [-0.1, -0.05) is 20.8 Å². The van der Waals surface area contributed by atoms with Gasteiger partial charge in [0.15, 0.2) is 6.17 Å². The number of hydrogen-bond acceptors (Lipinski definition) is 4. The summed E-state index contributed by atoms with van der Waals surface area (Å²) in [5.74, 6) is 0. The molecule has 1 amide bonds. The maximum absolute atomic E-state index is 12.9. The third-order valence-corrected chi connectivity index (χ3v) is 3.07. The normalized spacial score (nSPS) is 30.6. The first-order valence-corrected chi connectivity index (χ1v) is 6.40. The van der Waals surface area contributed by atoms with Crippen LogP contribution in [0.3, 0.4) is 0 Å². The first kappa shape index (κ1) is 15.4. The second-order valence-electron chi connectivity index (χ2n) is 7.22. The fourth-order valence-electron chi connectivity index (χ4n) is 2.69. The lowest BCUT2D eigenvalue weighted by Gasteiger charge is -2.46. The van der Waals surface area contributed by atoms with Crippen LogP contribution in [0.25, 0.3) is 0 Å². The Kier molecular flexibility index (Phi) is 3.83. The molecule has 1 saturated heterocycles. The van der Waals surface area contributed by atoms with E-state index in [-0.39, 0.29) is 12.0 Å². The van der Waals surface area contributed by atoms with Gasteiger partial charge >= 0.3 is 6.09 Å². The van der Waals surface area contributed by atoms with E-state index in [9.17, 15) is 10.0 Å². The highest BCUT2D eigenvalue weighted by Crippen LogP contribution is 2.36. The molecule has 5 heteroatoms. The molecule has 106 valence electrons. The van der Waals surface area contributed by atoms with E-state index in [1.54, 1.807) is 20.8 Å². The minimum absolute atomic E-state index is 0.257. The molecule has 5 nitrogen and oxygen atoms in total. The highest BCUT2D eigenvalue weighted by Gasteiger charge is 2.52. The summed E-state index contributed by atoms with van der Waals surface area (Å²) in [6, 6.07) is 0. The van der Waals surface area contributed by atoms with E-state index in [0.29, 0.717) is 6.54 Å². The molecule has 0 spiro atoms. The lowest BCUT2D eigenvalue weighted by atomic mass is 9.91. The molecule has 0 bridgehead atoms. The van der Waals surface area contributed by atoms with Crippen LogP contribution in [0.5, 0.6) is 0 Å². The number of ether oxygens (including phenoxy) is 1. The molecule has 0 aromatic rings. The van der Waals surface area contributed by atoms with E-state index in [2.05, 4.69) is 0 Å². The van der Waals surface area contributed by atoms with Gasteiger partial charge in [0.2, 0.25) is 0 Å². The van der Waals surface area contributed by atoms with Gasteiger partial charge in [-0.2, -0.15) is 4.79 Å². The fourth-order valence-corrected chi connectivity index (χ4v) is 2.69. The highest BCUT2D eigenvalue weighted by atomic mass is 16.7. The van der Waals surface area contributed by atoms with Crippen LogP contribution in [0.2, 0.25) is 0 Å². The Morgan fingerprint density at radius 1 is 1.28 bits per heavy atom. The number of rotatable bonds is 0. The molecule has 0 radical (unpaired) electrons. The molecule has 0 aliphatic carbocycles. The summed E-state index contributed by atoms with van der Waals surface area (Å²) < 4.78 is 4.39. The number of carbonyl (C=O) groups excluding carboxylic acids is 1. The van der Waals surface area contributed by atoms with Crippen LogP contribution in [0.1, 0.15) is 41.5 Å². The van der Waals surface area contributed by atoms with Crippen molar-refractivity contribution >= 4 is 6.09 Å². The van der Waals surface area contributed by atoms with Crippen molar-refractivity contribution < 1.29 is 14.2 Å². The number of hydrogen-bond donors (Lipinski definition) is 0. The van der Waals surface area contributed by atoms with Gasteiger partial charge in [-0.25, -0.2) is 4.65 Å². The molecule has 1 rings (SSSR count). The molecular formula is C13H26N2O3. The molecule has 1 fully saturated rings. The summed E-state index contributed by atoms with van der Waals surface area (Å²) in [5, 5.41) is 12.9. The highest BCUT2D eigenvalue weighted by molar-refractivity contribution is 5.61. The minimum atomic E-state index is -0.905. The molecule has 1 aliphatic heterocycles. The first-order valence-electron chi connectivity index (χ1n) is 6.40. The van der Waals surface area contributed by atoms with Crippen molar-refractivity contribution in [2.45, 2.75) is 53.3 Å². The van der Waals surface area contributed by atoms with Gasteiger partial charge in [0.05, 0.1) is 6.54 Å². The summed E-state index contributed by atoms with van der Waals surface area (Å²) in [7, 11) is 1.89. The number of amides is 1. The zero-order valence-electron chi connectivity index (χ0n) is 12.6. The first-order chi connectivity index (χ1) is 7.88.